The van der Waals surface area contributed by atoms with Gasteiger partial charge in [-0.2, -0.15) is 0 Å². The van der Waals surface area contributed by atoms with Crippen LogP contribution in [0.15, 0.2) is 12.1 Å². The molecule has 0 amide bonds. The third-order valence-electron chi connectivity index (χ3n) is 3.00. The van der Waals surface area contributed by atoms with Crippen LogP contribution in [0, 0.1) is 20.8 Å². The monoisotopic (exact) mass is 264 g/mol. The molecule has 0 aliphatic carbocycles. The highest BCUT2D eigenvalue weighted by molar-refractivity contribution is 6.30. The summed E-state index contributed by atoms with van der Waals surface area (Å²) in [4.78, 5) is 7.55. The van der Waals surface area contributed by atoms with E-state index < -0.39 is 0 Å². The average molecular weight is 265 g/mol. The first kappa shape index (κ1) is 13.1. The molecule has 1 aromatic carbocycles. The first-order valence-corrected chi connectivity index (χ1v) is 6.34. The highest BCUT2D eigenvalue weighted by Crippen LogP contribution is 2.28. The number of aliphatic hydroxyl groups is 1. The van der Waals surface area contributed by atoms with Crippen LogP contribution < -0.4 is 0 Å². The Hall–Kier alpha value is -1.32. The van der Waals surface area contributed by atoms with E-state index in [0.29, 0.717) is 11.6 Å². The summed E-state index contributed by atoms with van der Waals surface area (Å²) in [5.41, 5.74) is 5.46. The number of aliphatic hydroxyl groups excluding tert-OH is 1. The molecule has 2 N–H and O–H groups in total. The highest BCUT2D eigenvalue weighted by Gasteiger charge is 2.13. The number of nitrogens with zero attached hydrogens (tertiary/aromatic N) is 1. The number of nitrogens with one attached hydrogen (secondary N) is 1. The molecule has 0 saturated heterocycles. The van der Waals surface area contributed by atoms with Gasteiger partial charge < -0.3 is 10.1 Å². The van der Waals surface area contributed by atoms with Gasteiger partial charge in [0.25, 0.3) is 0 Å². The van der Waals surface area contributed by atoms with Gasteiger partial charge in [-0.05, 0) is 31.9 Å². The van der Waals surface area contributed by atoms with Gasteiger partial charge in [-0.3, -0.25) is 0 Å². The number of aryl methyl sites for hydroxylation is 3. The van der Waals surface area contributed by atoms with Crippen molar-refractivity contribution in [3.05, 3.63) is 39.7 Å². The number of halogens is 1. The molecule has 0 bridgehead atoms. The maximum Gasteiger partial charge on any atom is 0.150 e. The summed E-state index contributed by atoms with van der Waals surface area (Å²) in [6, 6.07) is 4.26. The van der Waals surface area contributed by atoms with Crippen molar-refractivity contribution < 1.29 is 5.11 Å². The molecule has 0 aliphatic heterocycles. The zero-order valence-corrected chi connectivity index (χ0v) is 11.6. The van der Waals surface area contributed by atoms with Gasteiger partial charge in [0.05, 0.1) is 5.69 Å². The van der Waals surface area contributed by atoms with Crippen LogP contribution in [0.5, 0.6) is 0 Å². The molecule has 0 spiro atoms. The molecule has 0 radical (unpaired) electrons. The summed E-state index contributed by atoms with van der Waals surface area (Å²) in [7, 11) is 0. The van der Waals surface area contributed by atoms with Crippen molar-refractivity contribution in [3.63, 3.8) is 0 Å². The van der Waals surface area contributed by atoms with Crippen molar-refractivity contribution in [3.8, 4) is 11.4 Å². The first-order chi connectivity index (χ1) is 8.52. The molecule has 18 heavy (non-hydrogen) atoms. The van der Waals surface area contributed by atoms with E-state index in [1.54, 1.807) is 0 Å². The molecule has 3 nitrogen and oxygen atoms in total. The standard InChI is InChI=1S/C14H17ClN2O/c1-8-6-9(2)12(10(3)7-8)14-16-11(4-5-18)13(15)17-14/h6-7,18H,4-5H2,1-3H3,(H,16,17). The number of aromatic amines is 1. The zero-order chi connectivity index (χ0) is 13.3. The average Bonchev–Trinajstić information content (AvgIpc) is 2.59. The zero-order valence-electron chi connectivity index (χ0n) is 10.8. The fourth-order valence-corrected chi connectivity index (χ4v) is 2.56. The molecule has 0 unspecified atom stereocenters. The van der Waals surface area contributed by atoms with Crippen molar-refractivity contribution in [2.24, 2.45) is 0 Å². The van der Waals surface area contributed by atoms with Gasteiger partial charge in [0.2, 0.25) is 0 Å². The van der Waals surface area contributed by atoms with Crippen molar-refractivity contribution in [2.45, 2.75) is 27.2 Å². The predicted molar refractivity (Wildman–Crippen MR) is 74.0 cm³/mol. The molecule has 96 valence electrons. The van der Waals surface area contributed by atoms with Gasteiger partial charge >= 0.3 is 0 Å². The molecule has 2 rings (SSSR count). The Morgan fingerprint density at radius 1 is 1.22 bits per heavy atom. The highest BCUT2D eigenvalue weighted by atomic mass is 35.5. The summed E-state index contributed by atoms with van der Waals surface area (Å²) in [6.45, 7) is 6.28. The Morgan fingerprint density at radius 3 is 2.39 bits per heavy atom. The van der Waals surface area contributed by atoms with Gasteiger partial charge in [-0.15, -0.1) is 0 Å². The fraction of sp³-hybridized carbons (Fsp3) is 0.357. The first-order valence-electron chi connectivity index (χ1n) is 5.96. The third-order valence-corrected chi connectivity index (χ3v) is 3.32. The van der Waals surface area contributed by atoms with E-state index in [0.717, 1.165) is 17.1 Å². The molecule has 0 fully saturated rings. The van der Waals surface area contributed by atoms with Gasteiger partial charge in [-0.1, -0.05) is 29.3 Å². The fourth-order valence-electron chi connectivity index (χ4n) is 2.34. The Labute approximate surface area is 112 Å². The molecular weight excluding hydrogens is 248 g/mol. The van der Waals surface area contributed by atoms with E-state index in [1.807, 2.05) is 0 Å². The Balaban J connectivity index is 2.52. The minimum Gasteiger partial charge on any atom is -0.396 e. The van der Waals surface area contributed by atoms with Crippen LogP contribution in [0.1, 0.15) is 22.4 Å². The van der Waals surface area contributed by atoms with Crippen molar-refractivity contribution in [2.75, 3.05) is 6.61 Å². The summed E-state index contributed by atoms with van der Waals surface area (Å²) in [5.74, 6) is 0.776. The number of H-pyrrole nitrogens is 1. The number of hydrogen-bond acceptors (Lipinski definition) is 2. The quantitative estimate of drug-likeness (QED) is 0.894. The molecule has 2 aromatic rings. The SMILES string of the molecule is Cc1cc(C)c(-c2nc(Cl)c(CCO)[nH]2)c(C)c1. The smallest absolute Gasteiger partial charge is 0.150 e. The van der Waals surface area contributed by atoms with Gasteiger partial charge in [0, 0.05) is 18.6 Å². The third kappa shape index (κ3) is 2.42. The van der Waals surface area contributed by atoms with E-state index in [1.165, 1.54) is 16.7 Å². The largest absolute Gasteiger partial charge is 0.396 e. The topological polar surface area (TPSA) is 48.9 Å². The van der Waals surface area contributed by atoms with E-state index >= 15 is 0 Å². The van der Waals surface area contributed by atoms with Crippen LogP contribution in [-0.2, 0) is 6.42 Å². The van der Waals surface area contributed by atoms with Crippen LogP contribution in [-0.4, -0.2) is 21.7 Å². The molecule has 1 aromatic heterocycles. The molecule has 0 saturated carbocycles. The summed E-state index contributed by atoms with van der Waals surface area (Å²) < 4.78 is 0. The van der Waals surface area contributed by atoms with Gasteiger partial charge in [0.15, 0.2) is 5.15 Å². The molecule has 0 atom stereocenters. The second-order valence-electron chi connectivity index (χ2n) is 4.60. The van der Waals surface area contributed by atoms with Crippen LogP contribution in [0.3, 0.4) is 0 Å². The van der Waals surface area contributed by atoms with E-state index in [9.17, 15) is 0 Å². The van der Waals surface area contributed by atoms with E-state index in [2.05, 4.69) is 42.9 Å². The molecule has 0 aliphatic rings. The number of aromatic nitrogens is 2. The summed E-state index contributed by atoms with van der Waals surface area (Å²) >= 11 is 6.06. The van der Waals surface area contributed by atoms with Gasteiger partial charge in [-0.25, -0.2) is 4.98 Å². The lowest BCUT2D eigenvalue weighted by atomic mass is 9.99. The van der Waals surface area contributed by atoms with Crippen LogP contribution in [0.25, 0.3) is 11.4 Å². The number of hydrogen-bond donors (Lipinski definition) is 2. The van der Waals surface area contributed by atoms with E-state index in [-0.39, 0.29) is 6.61 Å². The predicted octanol–water partition coefficient (Wildman–Crippen LogP) is 3.19. The van der Waals surface area contributed by atoms with Crippen molar-refractivity contribution >= 4 is 11.6 Å². The molecule has 1 heterocycles. The van der Waals surface area contributed by atoms with Crippen LogP contribution in [0.4, 0.5) is 0 Å². The van der Waals surface area contributed by atoms with Crippen molar-refractivity contribution in [1.29, 1.82) is 0 Å². The minimum absolute atomic E-state index is 0.0627. The van der Waals surface area contributed by atoms with Crippen molar-refractivity contribution in [1.82, 2.24) is 9.97 Å². The maximum atomic E-state index is 8.96. The number of imidazole rings is 1. The molecule has 4 heteroatoms. The lowest BCUT2D eigenvalue weighted by Crippen LogP contribution is -1.93. The number of rotatable bonds is 3. The van der Waals surface area contributed by atoms with Crippen LogP contribution in [0.2, 0.25) is 5.15 Å². The number of benzene rings is 1. The summed E-state index contributed by atoms with van der Waals surface area (Å²) in [6.07, 6.45) is 0.496. The second-order valence-corrected chi connectivity index (χ2v) is 4.96. The second kappa shape index (κ2) is 5.12. The normalized spacial score (nSPS) is 10.9. The Morgan fingerprint density at radius 2 is 1.83 bits per heavy atom. The summed E-state index contributed by atoms with van der Waals surface area (Å²) in [5, 5.41) is 9.41. The Kier molecular flexibility index (Phi) is 3.73. The van der Waals surface area contributed by atoms with Crippen LogP contribution >= 0.6 is 11.6 Å². The Bertz CT molecular complexity index is 552. The molecular formula is C14H17ClN2O. The van der Waals surface area contributed by atoms with Gasteiger partial charge in [0.1, 0.15) is 5.82 Å². The lowest BCUT2D eigenvalue weighted by molar-refractivity contribution is 0.298. The van der Waals surface area contributed by atoms with E-state index in [4.69, 9.17) is 16.7 Å². The lowest BCUT2D eigenvalue weighted by Gasteiger charge is -2.08. The minimum atomic E-state index is 0.0627. The maximum absolute atomic E-state index is 8.96.